The van der Waals surface area contributed by atoms with E-state index in [1.165, 1.54) is 24.3 Å². The number of hydrogen-bond acceptors (Lipinski definition) is 1. The van der Waals surface area contributed by atoms with Gasteiger partial charge < -0.3 is 5.73 Å². The predicted octanol–water partition coefficient (Wildman–Crippen LogP) is 2.23. The third-order valence-electron chi connectivity index (χ3n) is 1.79. The number of terminal acetylenes is 1. The monoisotopic (exact) mass is 199 g/mol. The lowest BCUT2D eigenvalue weighted by molar-refractivity contribution is -0.149. The first-order valence-electron chi connectivity index (χ1n) is 3.84. The second-order valence-electron chi connectivity index (χ2n) is 2.79. The van der Waals surface area contributed by atoms with E-state index >= 15 is 0 Å². The smallest absolute Gasteiger partial charge is 0.316 e. The summed E-state index contributed by atoms with van der Waals surface area (Å²) in [6.07, 6.45) is 0.639. The average Bonchev–Trinajstić information content (AvgIpc) is 2.15. The topological polar surface area (TPSA) is 26.0 Å². The highest BCUT2D eigenvalue weighted by Gasteiger charge is 2.37. The van der Waals surface area contributed by atoms with Crippen molar-refractivity contribution in [2.75, 3.05) is 0 Å². The number of alkyl halides is 3. The first-order valence-corrected chi connectivity index (χ1v) is 3.84. The van der Waals surface area contributed by atoms with E-state index in [0.29, 0.717) is 5.56 Å². The SMILES string of the molecule is C#Cc1ccc([C@H](N)C(F)(F)F)cc1. The Labute approximate surface area is 79.7 Å². The molecule has 0 saturated carbocycles. The van der Waals surface area contributed by atoms with Crippen LogP contribution in [0.1, 0.15) is 17.2 Å². The molecule has 0 spiro atoms. The second-order valence-corrected chi connectivity index (χ2v) is 2.79. The summed E-state index contributed by atoms with van der Waals surface area (Å²) < 4.78 is 36.5. The molecule has 1 nitrogen and oxygen atoms in total. The Morgan fingerprint density at radius 2 is 1.71 bits per heavy atom. The molecule has 1 aromatic rings. The van der Waals surface area contributed by atoms with Crippen LogP contribution in [0.4, 0.5) is 13.2 Å². The molecule has 0 bridgehead atoms. The van der Waals surface area contributed by atoms with Gasteiger partial charge in [0.1, 0.15) is 6.04 Å². The summed E-state index contributed by atoms with van der Waals surface area (Å²) in [7, 11) is 0. The summed E-state index contributed by atoms with van der Waals surface area (Å²) in [6.45, 7) is 0. The molecule has 14 heavy (non-hydrogen) atoms. The van der Waals surface area contributed by atoms with Crippen molar-refractivity contribution in [2.24, 2.45) is 5.73 Å². The van der Waals surface area contributed by atoms with Crippen molar-refractivity contribution < 1.29 is 13.2 Å². The molecule has 0 unspecified atom stereocenters. The molecule has 0 aliphatic carbocycles. The quantitative estimate of drug-likeness (QED) is 0.689. The Morgan fingerprint density at radius 1 is 1.21 bits per heavy atom. The molecule has 1 rings (SSSR count). The summed E-state index contributed by atoms with van der Waals surface area (Å²) in [4.78, 5) is 0. The van der Waals surface area contributed by atoms with E-state index in [-0.39, 0.29) is 5.56 Å². The van der Waals surface area contributed by atoms with Crippen molar-refractivity contribution in [2.45, 2.75) is 12.2 Å². The van der Waals surface area contributed by atoms with E-state index in [4.69, 9.17) is 12.2 Å². The van der Waals surface area contributed by atoms with Crippen LogP contribution in [0.3, 0.4) is 0 Å². The lowest BCUT2D eigenvalue weighted by Gasteiger charge is -2.15. The van der Waals surface area contributed by atoms with E-state index in [2.05, 4.69) is 5.92 Å². The molecule has 74 valence electrons. The summed E-state index contributed by atoms with van der Waals surface area (Å²) in [5.41, 5.74) is 5.53. The zero-order valence-corrected chi connectivity index (χ0v) is 7.18. The van der Waals surface area contributed by atoms with Gasteiger partial charge >= 0.3 is 6.18 Å². The van der Waals surface area contributed by atoms with Crippen LogP contribution < -0.4 is 5.73 Å². The number of rotatable bonds is 1. The lowest BCUT2D eigenvalue weighted by Crippen LogP contribution is -2.28. The van der Waals surface area contributed by atoms with Crippen molar-refractivity contribution >= 4 is 0 Å². The first-order chi connectivity index (χ1) is 6.45. The van der Waals surface area contributed by atoms with Crippen LogP contribution in [0.2, 0.25) is 0 Å². The Kier molecular flexibility index (Phi) is 2.82. The molecule has 0 heterocycles. The van der Waals surface area contributed by atoms with Crippen LogP contribution in [0.5, 0.6) is 0 Å². The van der Waals surface area contributed by atoms with Crippen molar-refractivity contribution in [1.29, 1.82) is 0 Å². The third-order valence-corrected chi connectivity index (χ3v) is 1.79. The van der Waals surface area contributed by atoms with Crippen molar-refractivity contribution in [3.8, 4) is 12.3 Å². The number of benzene rings is 1. The van der Waals surface area contributed by atoms with Crippen molar-refractivity contribution in [3.05, 3.63) is 35.4 Å². The Balaban J connectivity index is 2.94. The third kappa shape index (κ3) is 2.27. The van der Waals surface area contributed by atoms with Crippen LogP contribution in [0.25, 0.3) is 0 Å². The molecular formula is C10H8F3N. The zero-order chi connectivity index (χ0) is 10.8. The molecule has 0 aliphatic rings. The van der Waals surface area contributed by atoms with Crippen molar-refractivity contribution in [3.63, 3.8) is 0 Å². The summed E-state index contributed by atoms with van der Waals surface area (Å²) in [5, 5.41) is 0. The van der Waals surface area contributed by atoms with Crippen LogP contribution in [-0.4, -0.2) is 6.18 Å². The van der Waals surface area contributed by atoms with Crippen LogP contribution in [-0.2, 0) is 0 Å². The second kappa shape index (κ2) is 3.72. The molecule has 2 N–H and O–H groups in total. The van der Waals surface area contributed by atoms with Crippen LogP contribution in [0, 0.1) is 12.3 Å². The maximum absolute atomic E-state index is 12.2. The largest absolute Gasteiger partial charge is 0.407 e. The van der Waals surface area contributed by atoms with Gasteiger partial charge in [0.05, 0.1) is 0 Å². The summed E-state index contributed by atoms with van der Waals surface area (Å²) in [5.74, 6) is 2.31. The lowest BCUT2D eigenvalue weighted by atomic mass is 10.1. The van der Waals surface area contributed by atoms with Crippen LogP contribution >= 0.6 is 0 Å². The number of nitrogens with two attached hydrogens (primary N) is 1. The summed E-state index contributed by atoms with van der Waals surface area (Å²) in [6, 6.07) is 3.48. The van der Waals surface area contributed by atoms with Gasteiger partial charge in [0, 0.05) is 5.56 Å². The van der Waals surface area contributed by atoms with Gasteiger partial charge in [-0.25, -0.2) is 0 Å². The molecular weight excluding hydrogens is 191 g/mol. The Morgan fingerprint density at radius 3 is 2.07 bits per heavy atom. The van der Waals surface area contributed by atoms with Gasteiger partial charge in [0.2, 0.25) is 0 Å². The van der Waals surface area contributed by atoms with Crippen molar-refractivity contribution in [1.82, 2.24) is 0 Å². The fourth-order valence-corrected chi connectivity index (χ4v) is 0.976. The average molecular weight is 199 g/mol. The van der Waals surface area contributed by atoms with Gasteiger partial charge in [-0.3, -0.25) is 0 Å². The Bertz CT molecular complexity index is 345. The Hall–Kier alpha value is -1.47. The molecule has 0 saturated heterocycles. The molecule has 0 amide bonds. The molecule has 0 aromatic heterocycles. The minimum absolute atomic E-state index is 0.0106. The molecule has 1 atom stereocenters. The minimum atomic E-state index is -4.42. The van der Waals surface area contributed by atoms with Gasteiger partial charge in [-0.1, -0.05) is 18.1 Å². The van der Waals surface area contributed by atoms with Gasteiger partial charge in [0.15, 0.2) is 0 Å². The molecule has 1 aromatic carbocycles. The molecule has 0 fully saturated rings. The first kappa shape index (κ1) is 10.6. The number of halogens is 3. The van der Waals surface area contributed by atoms with Gasteiger partial charge in [-0.05, 0) is 17.7 Å². The normalized spacial score (nSPS) is 13.4. The van der Waals surface area contributed by atoms with E-state index in [9.17, 15) is 13.2 Å². The highest BCUT2D eigenvalue weighted by atomic mass is 19.4. The fourth-order valence-electron chi connectivity index (χ4n) is 0.976. The maximum Gasteiger partial charge on any atom is 0.407 e. The zero-order valence-electron chi connectivity index (χ0n) is 7.18. The fraction of sp³-hybridized carbons (Fsp3) is 0.200. The maximum atomic E-state index is 12.2. The summed E-state index contributed by atoms with van der Waals surface area (Å²) >= 11 is 0. The molecule has 4 heteroatoms. The minimum Gasteiger partial charge on any atom is -0.316 e. The van der Waals surface area contributed by atoms with Gasteiger partial charge in [-0.15, -0.1) is 6.42 Å². The van der Waals surface area contributed by atoms with E-state index in [0.717, 1.165) is 0 Å². The highest BCUT2D eigenvalue weighted by Crippen LogP contribution is 2.30. The molecule has 0 aliphatic heterocycles. The van der Waals surface area contributed by atoms with Gasteiger partial charge in [-0.2, -0.15) is 13.2 Å². The van der Waals surface area contributed by atoms with E-state index in [1.807, 2.05) is 0 Å². The van der Waals surface area contributed by atoms with Gasteiger partial charge in [0.25, 0.3) is 0 Å². The highest BCUT2D eigenvalue weighted by molar-refractivity contribution is 5.35. The molecule has 0 radical (unpaired) electrons. The van der Waals surface area contributed by atoms with E-state index in [1.54, 1.807) is 0 Å². The predicted molar refractivity (Wildman–Crippen MR) is 47.4 cm³/mol. The standard InChI is InChI=1S/C10H8F3N/c1-2-7-3-5-8(6-4-7)9(14)10(11,12)13/h1,3-6,9H,14H2/t9-/m0/s1. The van der Waals surface area contributed by atoms with E-state index < -0.39 is 12.2 Å². The number of hydrogen-bond donors (Lipinski definition) is 1. The van der Waals surface area contributed by atoms with Crippen LogP contribution in [0.15, 0.2) is 24.3 Å².